The fourth-order valence-electron chi connectivity index (χ4n) is 2.50. The fourth-order valence-corrected chi connectivity index (χ4v) is 2.50. The summed E-state index contributed by atoms with van der Waals surface area (Å²) < 4.78 is 12.5. The molecule has 2 aromatic carbocycles. The van der Waals surface area contributed by atoms with Gasteiger partial charge in [0, 0.05) is 6.42 Å². The van der Waals surface area contributed by atoms with Crippen LogP contribution in [0.1, 0.15) is 36.4 Å². The van der Waals surface area contributed by atoms with Crippen molar-refractivity contribution in [3.63, 3.8) is 0 Å². The van der Waals surface area contributed by atoms with Crippen molar-refractivity contribution in [3.05, 3.63) is 54.1 Å². The number of hydrogen-bond donors (Lipinski definition) is 0. The lowest BCUT2D eigenvalue weighted by molar-refractivity contribution is 0.00235. The van der Waals surface area contributed by atoms with Crippen molar-refractivity contribution in [1.82, 2.24) is 15.0 Å². The highest BCUT2D eigenvalue weighted by Crippen LogP contribution is 2.22. The number of nitrogens with zero attached hydrogens (tertiary/aromatic N) is 3. The lowest BCUT2D eigenvalue weighted by Crippen LogP contribution is -2.18. The zero-order valence-electron chi connectivity index (χ0n) is 13.7. The Morgan fingerprint density at radius 2 is 1.92 bits per heavy atom. The van der Waals surface area contributed by atoms with Gasteiger partial charge in [0.15, 0.2) is 6.23 Å². The number of para-hydroxylation sites is 1. The number of methoxy groups -OCH3 is 1. The summed E-state index contributed by atoms with van der Waals surface area (Å²) >= 11 is 0. The molecule has 1 heterocycles. The highest BCUT2D eigenvalue weighted by atomic mass is 16.6. The predicted octanol–water partition coefficient (Wildman–Crippen LogP) is 3.60. The number of carbonyl (C=O) groups excluding carboxylic acids is 1. The van der Waals surface area contributed by atoms with Gasteiger partial charge in [-0.25, -0.2) is 9.48 Å². The minimum absolute atomic E-state index is 0.393. The molecule has 1 atom stereocenters. The van der Waals surface area contributed by atoms with Crippen LogP contribution < -0.4 is 4.74 Å². The number of benzene rings is 2. The van der Waals surface area contributed by atoms with Crippen LogP contribution in [0.2, 0.25) is 0 Å². The van der Waals surface area contributed by atoms with Crippen molar-refractivity contribution in [2.75, 3.05) is 7.11 Å². The van der Waals surface area contributed by atoms with Gasteiger partial charge >= 0.3 is 5.97 Å². The maximum Gasteiger partial charge on any atom is 0.340 e. The number of rotatable bonds is 6. The van der Waals surface area contributed by atoms with Crippen LogP contribution in [0.5, 0.6) is 5.75 Å². The van der Waals surface area contributed by atoms with Crippen molar-refractivity contribution >= 4 is 17.0 Å². The van der Waals surface area contributed by atoms with Crippen molar-refractivity contribution in [2.24, 2.45) is 0 Å². The summed E-state index contributed by atoms with van der Waals surface area (Å²) in [5.74, 6) is 0.301. The van der Waals surface area contributed by atoms with Crippen LogP contribution in [0, 0.1) is 0 Å². The van der Waals surface area contributed by atoms with Crippen LogP contribution in [0.4, 0.5) is 0 Å². The monoisotopic (exact) mass is 325 g/mol. The zero-order valence-corrected chi connectivity index (χ0v) is 13.7. The molecule has 0 N–H and O–H groups in total. The van der Waals surface area contributed by atoms with E-state index in [4.69, 9.17) is 9.47 Å². The van der Waals surface area contributed by atoms with E-state index >= 15 is 0 Å². The third kappa shape index (κ3) is 3.22. The molecule has 0 aliphatic carbocycles. The molecule has 0 aliphatic heterocycles. The third-order valence-corrected chi connectivity index (χ3v) is 3.75. The van der Waals surface area contributed by atoms with E-state index in [1.165, 1.54) is 0 Å². The number of ether oxygens (including phenoxy) is 2. The molecule has 6 nitrogen and oxygen atoms in total. The van der Waals surface area contributed by atoms with Gasteiger partial charge in [0.25, 0.3) is 0 Å². The summed E-state index contributed by atoms with van der Waals surface area (Å²) in [6.07, 6.45) is 1.03. The summed E-state index contributed by atoms with van der Waals surface area (Å²) in [6.45, 7) is 2.04. The zero-order chi connectivity index (χ0) is 16.9. The van der Waals surface area contributed by atoms with E-state index in [1.54, 1.807) is 36.1 Å². The number of carbonyl (C=O) groups is 1. The molecule has 124 valence electrons. The molecule has 0 radical (unpaired) electrons. The summed E-state index contributed by atoms with van der Waals surface area (Å²) in [6, 6.07) is 14.4. The molecule has 1 aromatic heterocycles. The van der Waals surface area contributed by atoms with Crippen LogP contribution in [-0.2, 0) is 4.74 Å². The van der Waals surface area contributed by atoms with E-state index in [1.807, 2.05) is 31.2 Å². The SMILES string of the molecule is CCCC(OC(=O)c1ccc(OC)cc1)n1nnc2ccccc21. The molecule has 0 saturated heterocycles. The highest BCUT2D eigenvalue weighted by molar-refractivity contribution is 5.89. The molecule has 0 aliphatic rings. The highest BCUT2D eigenvalue weighted by Gasteiger charge is 2.20. The van der Waals surface area contributed by atoms with Crippen molar-refractivity contribution < 1.29 is 14.3 Å². The normalized spacial score (nSPS) is 12.1. The largest absolute Gasteiger partial charge is 0.497 e. The number of aromatic nitrogens is 3. The van der Waals surface area contributed by atoms with Crippen LogP contribution in [-0.4, -0.2) is 28.1 Å². The minimum Gasteiger partial charge on any atom is -0.497 e. The maximum absolute atomic E-state index is 12.4. The lowest BCUT2D eigenvalue weighted by atomic mass is 10.2. The van der Waals surface area contributed by atoms with Crippen LogP contribution in [0.3, 0.4) is 0 Å². The topological polar surface area (TPSA) is 66.2 Å². The Hall–Kier alpha value is -2.89. The van der Waals surface area contributed by atoms with Gasteiger partial charge in [-0.15, -0.1) is 5.10 Å². The van der Waals surface area contributed by atoms with Gasteiger partial charge in [0.1, 0.15) is 11.3 Å². The molecule has 0 bridgehead atoms. The van der Waals surface area contributed by atoms with E-state index in [9.17, 15) is 4.79 Å². The Bertz CT molecular complexity index is 827. The van der Waals surface area contributed by atoms with Gasteiger partial charge in [0.05, 0.1) is 18.2 Å². The van der Waals surface area contributed by atoms with Gasteiger partial charge in [0.2, 0.25) is 0 Å². The van der Waals surface area contributed by atoms with E-state index in [2.05, 4.69) is 10.3 Å². The molecular weight excluding hydrogens is 306 g/mol. The molecule has 0 fully saturated rings. The Morgan fingerprint density at radius 1 is 1.17 bits per heavy atom. The van der Waals surface area contributed by atoms with E-state index in [0.717, 1.165) is 17.5 Å². The van der Waals surface area contributed by atoms with Crippen molar-refractivity contribution in [1.29, 1.82) is 0 Å². The average Bonchev–Trinajstić information content (AvgIpc) is 3.05. The summed E-state index contributed by atoms with van der Waals surface area (Å²) in [7, 11) is 1.58. The van der Waals surface area contributed by atoms with Gasteiger partial charge in [-0.05, 0) is 36.4 Å². The van der Waals surface area contributed by atoms with Gasteiger partial charge < -0.3 is 9.47 Å². The van der Waals surface area contributed by atoms with Crippen molar-refractivity contribution in [3.8, 4) is 5.75 Å². The van der Waals surface area contributed by atoms with Crippen LogP contribution in [0.15, 0.2) is 48.5 Å². The standard InChI is InChI=1S/C18H19N3O3/c1-3-6-17(21-16-8-5-4-7-15(16)19-20-21)24-18(22)13-9-11-14(23-2)12-10-13/h4-5,7-12,17H,3,6H2,1-2H3. The third-order valence-electron chi connectivity index (χ3n) is 3.75. The van der Waals surface area contributed by atoms with Crippen LogP contribution in [0.25, 0.3) is 11.0 Å². The second kappa shape index (κ2) is 7.12. The molecule has 3 rings (SSSR count). The van der Waals surface area contributed by atoms with E-state index < -0.39 is 12.2 Å². The van der Waals surface area contributed by atoms with Gasteiger partial charge in [-0.3, -0.25) is 0 Å². The van der Waals surface area contributed by atoms with E-state index in [-0.39, 0.29) is 0 Å². The first kappa shape index (κ1) is 16.0. The summed E-state index contributed by atoms with van der Waals surface area (Å²) in [5, 5.41) is 8.29. The van der Waals surface area contributed by atoms with E-state index in [0.29, 0.717) is 17.7 Å². The first-order valence-corrected chi connectivity index (χ1v) is 7.88. The number of hydrogen-bond acceptors (Lipinski definition) is 5. The first-order chi connectivity index (χ1) is 11.7. The Balaban J connectivity index is 1.84. The quantitative estimate of drug-likeness (QED) is 0.648. The maximum atomic E-state index is 12.4. The fraction of sp³-hybridized carbons (Fsp3) is 0.278. The molecule has 0 amide bonds. The summed E-state index contributed by atoms with van der Waals surface area (Å²) in [4.78, 5) is 12.4. The van der Waals surface area contributed by atoms with Gasteiger partial charge in [-0.1, -0.05) is 30.7 Å². The Labute approximate surface area is 140 Å². The molecule has 3 aromatic rings. The second-order valence-corrected chi connectivity index (χ2v) is 5.40. The Morgan fingerprint density at radius 3 is 2.62 bits per heavy atom. The number of esters is 1. The number of fused-ring (bicyclic) bond motifs is 1. The lowest BCUT2D eigenvalue weighted by Gasteiger charge is -2.18. The van der Waals surface area contributed by atoms with Gasteiger partial charge in [-0.2, -0.15) is 0 Å². The molecule has 6 heteroatoms. The molecule has 0 saturated carbocycles. The van der Waals surface area contributed by atoms with Crippen molar-refractivity contribution in [2.45, 2.75) is 26.0 Å². The molecule has 0 spiro atoms. The second-order valence-electron chi connectivity index (χ2n) is 5.40. The predicted molar refractivity (Wildman–Crippen MR) is 89.9 cm³/mol. The minimum atomic E-state index is -0.489. The average molecular weight is 325 g/mol. The van der Waals surface area contributed by atoms with Crippen LogP contribution >= 0.6 is 0 Å². The smallest absolute Gasteiger partial charge is 0.340 e. The Kier molecular flexibility index (Phi) is 4.74. The molecular formula is C18H19N3O3. The summed E-state index contributed by atoms with van der Waals surface area (Å²) in [5.41, 5.74) is 2.10. The molecule has 24 heavy (non-hydrogen) atoms. The molecule has 1 unspecified atom stereocenters. The first-order valence-electron chi connectivity index (χ1n) is 7.88.